The zero-order valence-electron chi connectivity index (χ0n) is 13.9. The molecule has 0 aromatic heterocycles. The zero-order chi connectivity index (χ0) is 17.4. The SMILES string of the molecule is COC(=O)c1ccc(CNC(=O)CSCc2ccc(C)cc2)cc1. The average Bonchev–Trinajstić information content (AvgIpc) is 2.61. The molecule has 0 aliphatic heterocycles. The number of thioether (sulfide) groups is 1. The number of esters is 1. The molecule has 0 atom stereocenters. The predicted molar refractivity (Wildman–Crippen MR) is 97.0 cm³/mol. The molecule has 0 spiro atoms. The van der Waals surface area contributed by atoms with Crippen LogP contribution in [0.4, 0.5) is 0 Å². The molecule has 1 amide bonds. The summed E-state index contributed by atoms with van der Waals surface area (Å²) in [5.41, 5.74) is 3.90. The van der Waals surface area contributed by atoms with Gasteiger partial charge in [0.05, 0.1) is 18.4 Å². The standard InChI is InChI=1S/C19H21NO3S/c1-14-3-5-16(6-4-14)12-24-13-18(21)20-11-15-7-9-17(10-8-15)19(22)23-2/h3-10H,11-13H2,1-2H3,(H,20,21). The van der Waals surface area contributed by atoms with Gasteiger partial charge in [-0.1, -0.05) is 42.0 Å². The van der Waals surface area contributed by atoms with Gasteiger partial charge in [-0.2, -0.15) is 0 Å². The molecule has 24 heavy (non-hydrogen) atoms. The van der Waals surface area contributed by atoms with E-state index in [4.69, 9.17) is 0 Å². The van der Waals surface area contributed by atoms with Gasteiger partial charge in [0.1, 0.15) is 0 Å². The highest BCUT2D eigenvalue weighted by Gasteiger charge is 2.06. The number of rotatable bonds is 7. The van der Waals surface area contributed by atoms with Crippen LogP contribution in [-0.2, 0) is 21.8 Å². The Bertz CT molecular complexity index is 681. The van der Waals surface area contributed by atoms with E-state index in [2.05, 4.69) is 41.2 Å². The van der Waals surface area contributed by atoms with Gasteiger partial charge in [0.15, 0.2) is 0 Å². The predicted octanol–water partition coefficient (Wildman–Crippen LogP) is 3.33. The first kappa shape index (κ1) is 18.1. The van der Waals surface area contributed by atoms with Crippen molar-refractivity contribution in [3.63, 3.8) is 0 Å². The molecule has 0 aliphatic carbocycles. The summed E-state index contributed by atoms with van der Waals surface area (Å²) in [6, 6.07) is 15.3. The third-order valence-corrected chi connectivity index (χ3v) is 4.49. The second-order valence-corrected chi connectivity index (χ2v) is 6.43. The van der Waals surface area contributed by atoms with Crippen molar-refractivity contribution >= 4 is 23.6 Å². The van der Waals surface area contributed by atoms with Gasteiger partial charge in [0, 0.05) is 12.3 Å². The summed E-state index contributed by atoms with van der Waals surface area (Å²) in [6.07, 6.45) is 0. The van der Waals surface area contributed by atoms with Crippen molar-refractivity contribution in [2.45, 2.75) is 19.2 Å². The van der Waals surface area contributed by atoms with Crippen molar-refractivity contribution in [3.8, 4) is 0 Å². The maximum absolute atomic E-state index is 11.9. The molecule has 0 fully saturated rings. The molecule has 126 valence electrons. The minimum absolute atomic E-state index is 0.00385. The normalized spacial score (nSPS) is 10.2. The summed E-state index contributed by atoms with van der Waals surface area (Å²) < 4.78 is 4.65. The van der Waals surface area contributed by atoms with Crippen LogP contribution in [-0.4, -0.2) is 24.7 Å². The molecule has 1 N–H and O–H groups in total. The second-order valence-electron chi connectivity index (χ2n) is 5.44. The maximum atomic E-state index is 11.9. The molecule has 2 aromatic rings. The van der Waals surface area contributed by atoms with Crippen LogP contribution in [0.2, 0.25) is 0 Å². The third-order valence-electron chi connectivity index (χ3n) is 3.49. The molecule has 0 unspecified atom stereocenters. The van der Waals surface area contributed by atoms with Crippen LogP contribution < -0.4 is 5.32 Å². The van der Waals surface area contributed by atoms with E-state index in [-0.39, 0.29) is 11.9 Å². The summed E-state index contributed by atoms with van der Waals surface area (Å²) in [5.74, 6) is 0.887. The fourth-order valence-corrected chi connectivity index (χ4v) is 2.89. The Labute approximate surface area is 146 Å². The van der Waals surface area contributed by atoms with Gasteiger partial charge < -0.3 is 10.1 Å². The molecule has 5 heteroatoms. The van der Waals surface area contributed by atoms with E-state index in [0.29, 0.717) is 17.9 Å². The highest BCUT2D eigenvalue weighted by atomic mass is 32.2. The minimum Gasteiger partial charge on any atom is -0.465 e. The molecule has 4 nitrogen and oxygen atoms in total. The van der Waals surface area contributed by atoms with Crippen LogP contribution in [0.3, 0.4) is 0 Å². The van der Waals surface area contributed by atoms with Crippen LogP contribution >= 0.6 is 11.8 Å². The molecule has 0 saturated heterocycles. The lowest BCUT2D eigenvalue weighted by molar-refractivity contribution is -0.118. The Kier molecular flexibility index (Phi) is 6.88. The van der Waals surface area contributed by atoms with Gasteiger partial charge in [-0.25, -0.2) is 4.79 Å². The Morgan fingerprint density at radius 1 is 1.00 bits per heavy atom. The van der Waals surface area contributed by atoms with Crippen molar-refractivity contribution in [1.29, 1.82) is 0 Å². The van der Waals surface area contributed by atoms with Gasteiger partial charge in [0.2, 0.25) is 5.91 Å². The molecule has 0 heterocycles. The van der Waals surface area contributed by atoms with Crippen molar-refractivity contribution in [2.24, 2.45) is 0 Å². The monoisotopic (exact) mass is 343 g/mol. The number of carbonyl (C=O) groups excluding carboxylic acids is 2. The molecular formula is C19H21NO3S. The van der Waals surface area contributed by atoms with Gasteiger partial charge in [-0.3, -0.25) is 4.79 Å². The van der Waals surface area contributed by atoms with Gasteiger partial charge in [0.25, 0.3) is 0 Å². The van der Waals surface area contributed by atoms with Gasteiger partial charge in [-0.05, 0) is 30.2 Å². The van der Waals surface area contributed by atoms with Crippen molar-refractivity contribution in [1.82, 2.24) is 5.32 Å². The fourth-order valence-electron chi connectivity index (χ4n) is 2.07. The van der Waals surface area contributed by atoms with Crippen molar-refractivity contribution in [2.75, 3.05) is 12.9 Å². The van der Waals surface area contributed by atoms with Crippen LogP contribution in [0.1, 0.15) is 27.0 Å². The van der Waals surface area contributed by atoms with E-state index in [9.17, 15) is 9.59 Å². The summed E-state index contributed by atoms with van der Waals surface area (Å²) in [6.45, 7) is 2.51. The summed E-state index contributed by atoms with van der Waals surface area (Å²) in [5, 5.41) is 2.88. The molecule has 0 bridgehead atoms. The van der Waals surface area contributed by atoms with E-state index >= 15 is 0 Å². The number of methoxy groups -OCH3 is 1. The first-order valence-electron chi connectivity index (χ1n) is 7.65. The molecule has 0 aliphatic rings. The number of benzene rings is 2. The lowest BCUT2D eigenvalue weighted by Gasteiger charge is -2.06. The van der Waals surface area contributed by atoms with Gasteiger partial charge in [-0.15, -0.1) is 11.8 Å². The first-order chi connectivity index (χ1) is 11.6. The van der Waals surface area contributed by atoms with Crippen LogP contribution in [0.15, 0.2) is 48.5 Å². The van der Waals surface area contributed by atoms with E-state index < -0.39 is 0 Å². The number of carbonyl (C=O) groups is 2. The Morgan fingerprint density at radius 3 is 2.25 bits per heavy atom. The van der Waals surface area contributed by atoms with Crippen LogP contribution in [0, 0.1) is 6.92 Å². The molecular weight excluding hydrogens is 322 g/mol. The molecule has 0 saturated carbocycles. The highest BCUT2D eigenvalue weighted by molar-refractivity contribution is 7.99. The van der Waals surface area contributed by atoms with E-state index in [0.717, 1.165) is 11.3 Å². The van der Waals surface area contributed by atoms with E-state index in [1.54, 1.807) is 23.9 Å². The van der Waals surface area contributed by atoms with E-state index in [1.165, 1.54) is 18.2 Å². The maximum Gasteiger partial charge on any atom is 0.337 e. The number of nitrogens with one attached hydrogen (secondary N) is 1. The molecule has 2 aromatic carbocycles. The smallest absolute Gasteiger partial charge is 0.337 e. The van der Waals surface area contributed by atoms with Crippen molar-refractivity contribution in [3.05, 3.63) is 70.8 Å². The molecule has 0 radical (unpaired) electrons. The molecule has 2 rings (SSSR count). The largest absolute Gasteiger partial charge is 0.465 e. The quantitative estimate of drug-likeness (QED) is 0.784. The van der Waals surface area contributed by atoms with Crippen LogP contribution in [0.5, 0.6) is 0 Å². The Morgan fingerprint density at radius 2 is 1.62 bits per heavy atom. The number of amides is 1. The minimum atomic E-state index is -0.363. The van der Waals surface area contributed by atoms with E-state index in [1.807, 2.05) is 12.1 Å². The summed E-state index contributed by atoms with van der Waals surface area (Å²) in [4.78, 5) is 23.2. The summed E-state index contributed by atoms with van der Waals surface area (Å²) >= 11 is 1.59. The topological polar surface area (TPSA) is 55.4 Å². The zero-order valence-corrected chi connectivity index (χ0v) is 14.7. The lowest BCUT2D eigenvalue weighted by Crippen LogP contribution is -2.24. The Hall–Kier alpha value is -2.27. The highest BCUT2D eigenvalue weighted by Crippen LogP contribution is 2.13. The van der Waals surface area contributed by atoms with Crippen molar-refractivity contribution < 1.29 is 14.3 Å². The van der Waals surface area contributed by atoms with Crippen LogP contribution in [0.25, 0.3) is 0 Å². The van der Waals surface area contributed by atoms with Gasteiger partial charge >= 0.3 is 5.97 Å². The first-order valence-corrected chi connectivity index (χ1v) is 8.81. The fraction of sp³-hybridized carbons (Fsp3) is 0.263. The third kappa shape index (κ3) is 5.74. The Balaban J connectivity index is 1.71. The second kappa shape index (κ2) is 9.13. The average molecular weight is 343 g/mol. The number of hydrogen-bond donors (Lipinski definition) is 1. The summed E-state index contributed by atoms with van der Waals surface area (Å²) in [7, 11) is 1.35. The number of hydrogen-bond acceptors (Lipinski definition) is 4. The number of ether oxygens (including phenoxy) is 1. The number of aryl methyl sites for hydroxylation is 1. The lowest BCUT2D eigenvalue weighted by atomic mass is 10.1.